The molecule has 0 spiro atoms. The van der Waals surface area contributed by atoms with Crippen LogP contribution in [0.5, 0.6) is 5.75 Å². The van der Waals surface area contributed by atoms with Gasteiger partial charge in [-0.3, -0.25) is 4.79 Å². The number of amides is 1. The summed E-state index contributed by atoms with van der Waals surface area (Å²) in [7, 11) is 3.68. The second-order valence-corrected chi connectivity index (χ2v) is 6.23. The molecule has 1 N–H and O–H groups in total. The molecule has 7 nitrogen and oxygen atoms in total. The number of anilines is 2. The third-order valence-corrected chi connectivity index (χ3v) is 4.29. The van der Waals surface area contributed by atoms with Gasteiger partial charge in [0.25, 0.3) is 5.91 Å². The summed E-state index contributed by atoms with van der Waals surface area (Å²) in [5.74, 6) is 1.23. The lowest BCUT2D eigenvalue weighted by Crippen LogP contribution is -2.47. The van der Waals surface area contributed by atoms with Crippen molar-refractivity contribution in [3.05, 3.63) is 41.6 Å². The van der Waals surface area contributed by atoms with Crippen LogP contribution >= 0.6 is 0 Å². The number of hydrogen-bond acceptors (Lipinski definition) is 6. The molecule has 1 fully saturated rings. The molecule has 1 aliphatic rings. The van der Waals surface area contributed by atoms with Crippen LogP contribution in [0.15, 0.2) is 30.3 Å². The molecule has 0 unspecified atom stereocenters. The number of methoxy groups -OCH3 is 1. The van der Waals surface area contributed by atoms with Gasteiger partial charge in [0.15, 0.2) is 11.5 Å². The predicted octanol–water partition coefficient (Wildman–Crippen LogP) is 1.92. The van der Waals surface area contributed by atoms with Crippen molar-refractivity contribution in [3.63, 3.8) is 0 Å². The van der Waals surface area contributed by atoms with Crippen molar-refractivity contribution in [2.24, 2.45) is 0 Å². The van der Waals surface area contributed by atoms with E-state index in [0.717, 1.165) is 43.2 Å². The number of nitrogens with one attached hydrogen (secondary N) is 1. The number of likely N-dealkylation sites (N-methyl/N-ethyl adjacent to an activating group) is 1. The Kier molecular flexibility index (Phi) is 5.14. The fourth-order valence-corrected chi connectivity index (χ4v) is 2.74. The van der Waals surface area contributed by atoms with Crippen LogP contribution in [0.25, 0.3) is 0 Å². The minimum atomic E-state index is -0.0692. The summed E-state index contributed by atoms with van der Waals surface area (Å²) >= 11 is 0. The van der Waals surface area contributed by atoms with E-state index in [9.17, 15) is 4.79 Å². The maximum Gasteiger partial charge on any atom is 0.274 e. The Morgan fingerprint density at radius 2 is 1.88 bits per heavy atom. The SMILES string of the molecule is COc1ccc(C)cc1Nc1ccc(C(=O)N2CCN(C)CC2)nn1. The van der Waals surface area contributed by atoms with Crippen molar-refractivity contribution in [3.8, 4) is 5.75 Å². The van der Waals surface area contributed by atoms with Crippen LogP contribution in [0.1, 0.15) is 16.1 Å². The van der Waals surface area contributed by atoms with Gasteiger partial charge < -0.3 is 19.9 Å². The summed E-state index contributed by atoms with van der Waals surface area (Å²) in [5, 5.41) is 11.4. The highest BCUT2D eigenvalue weighted by Crippen LogP contribution is 2.27. The van der Waals surface area contributed by atoms with Crippen LogP contribution < -0.4 is 10.1 Å². The molecule has 0 aliphatic carbocycles. The summed E-state index contributed by atoms with van der Waals surface area (Å²) in [6, 6.07) is 9.32. The van der Waals surface area contributed by atoms with Crippen molar-refractivity contribution in [1.29, 1.82) is 0 Å². The van der Waals surface area contributed by atoms with E-state index in [2.05, 4.69) is 27.5 Å². The van der Waals surface area contributed by atoms with Gasteiger partial charge in [-0.05, 0) is 43.8 Å². The zero-order valence-electron chi connectivity index (χ0n) is 14.8. The largest absolute Gasteiger partial charge is 0.495 e. The van der Waals surface area contributed by atoms with Crippen LogP contribution in [-0.4, -0.2) is 66.2 Å². The van der Waals surface area contributed by atoms with E-state index in [0.29, 0.717) is 11.5 Å². The van der Waals surface area contributed by atoms with Gasteiger partial charge >= 0.3 is 0 Å². The van der Waals surface area contributed by atoms with E-state index >= 15 is 0 Å². The predicted molar refractivity (Wildman–Crippen MR) is 96.4 cm³/mol. The number of nitrogens with zero attached hydrogens (tertiary/aromatic N) is 4. The minimum absolute atomic E-state index is 0.0692. The standard InChI is InChI=1S/C18H23N5O2/c1-13-4-6-16(25-3)15(12-13)19-17-7-5-14(20-21-17)18(24)23-10-8-22(2)9-11-23/h4-7,12H,8-11H2,1-3H3,(H,19,21). The molecular weight excluding hydrogens is 318 g/mol. The number of aryl methyl sites for hydroxylation is 1. The Morgan fingerprint density at radius 3 is 2.52 bits per heavy atom. The van der Waals surface area contributed by atoms with E-state index in [4.69, 9.17) is 4.74 Å². The van der Waals surface area contributed by atoms with Crippen LogP contribution in [0.2, 0.25) is 0 Å². The second-order valence-electron chi connectivity index (χ2n) is 6.23. The molecule has 3 rings (SSSR count). The molecule has 0 atom stereocenters. The van der Waals surface area contributed by atoms with Gasteiger partial charge in [0, 0.05) is 26.2 Å². The third kappa shape index (κ3) is 4.06. The van der Waals surface area contributed by atoms with Crippen LogP contribution in [0, 0.1) is 6.92 Å². The average Bonchev–Trinajstić information content (AvgIpc) is 2.63. The Balaban J connectivity index is 1.70. The maximum absolute atomic E-state index is 12.5. The zero-order valence-corrected chi connectivity index (χ0v) is 14.8. The Labute approximate surface area is 147 Å². The number of ether oxygens (including phenoxy) is 1. The van der Waals surface area contributed by atoms with Crippen molar-refractivity contribution in [2.45, 2.75) is 6.92 Å². The van der Waals surface area contributed by atoms with Gasteiger partial charge in [0.1, 0.15) is 5.75 Å². The lowest BCUT2D eigenvalue weighted by molar-refractivity contribution is 0.0657. The van der Waals surface area contributed by atoms with Crippen molar-refractivity contribution in [2.75, 3.05) is 45.7 Å². The normalized spacial score (nSPS) is 15.1. The van der Waals surface area contributed by atoms with Gasteiger partial charge in [-0.2, -0.15) is 0 Å². The van der Waals surface area contributed by atoms with Crippen LogP contribution in [0.3, 0.4) is 0 Å². The molecule has 0 bridgehead atoms. The number of aromatic nitrogens is 2. The van der Waals surface area contributed by atoms with Gasteiger partial charge in [-0.1, -0.05) is 6.07 Å². The number of benzene rings is 1. The number of carbonyl (C=O) groups excluding carboxylic acids is 1. The molecular formula is C18H23N5O2. The van der Waals surface area contributed by atoms with Gasteiger partial charge in [0.05, 0.1) is 12.8 Å². The maximum atomic E-state index is 12.5. The first kappa shape index (κ1) is 17.2. The molecule has 1 aromatic carbocycles. The lowest BCUT2D eigenvalue weighted by Gasteiger charge is -2.32. The zero-order chi connectivity index (χ0) is 17.8. The number of carbonyl (C=O) groups is 1. The van der Waals surface area contributed by atoms with E-state index in [1.807, 2.05) is 30.0 Å². The molecule has 2 aromatic rings. The van der Waals surface area contributed by atoms with Crippen LogP contribution in [0.4, 0.5) is 11.5 Å². The first-order chi connectivity index (χ1) is 12.1. The van der Waals surface area contributed by atoms with Crippen molar-refractivity contribution < 1.29 is 9.53 Å². The summed E-state index contributed by atoms with van der Waals surface area (Å²) < 4.78 is 5.35. The molecule has 132 valence electrons. The highest BCUT2D eigenvalue weighted by atomic mass is 16.5. The highest BCUT2D eigenvalue weighted by Gasteiger charge is 2.21. The summed E-state index contributed by atoms with van der Waals surface area (Å²) in [6.07, 6.45) is 0. The third-order valence-electron chi connectivity index (χ3n) is 4.29. The number of piperazine rings is 1. The van der Waals surface area contributed by atoms with E-state index in [1.54, 1.807) is 19.2 Å². The van der Waals surface area contributed by atoms with Crippen LogP contribution in [-0.2, 0) is 0 Å². The second kappa shape index (κ2) is 7.48. The molecule has 7 heteroatoms. The molecule has 1 aliphatic heterocycles. The fraction of sp³-hybridized carbons (Fsp3) is 0.389. The van der Waals surface area contributed by atoms with Crippen molar-refractivity contribution in [1.82, 2.24) is 20.0 Å². The fourth-order valence-electron chi connectivity index (χ4n) is 2.74. The first-order valence-corrected chi connectivity index (χ1v) is 8.30. The molecule has 0 saturated carbocycles. The topological polar surface area (TPSA) is 70.6 Å². The minimum Gasteiger partial charge on any atom is -0.495 e. The van der Waals surface area contributed by atoms with E-state index < -0.39 is 0 Å². The van der Waals surface area contributed by atoms with Gasteiger partial charge in [0.2, 0.25) is 0 Å². The molecule has 1 saturated heterocycles. The molecule has 1 aromatic heterocycles. The Bertz CT molecular complexity index is 740. The Hall–Kier alpha value is -2.67. The molecule has 0 radical (unpaired) electrons. The summed E-state index contributed by atoms with van der Waals surface area (Å²) in [6.45, 7) is 5.21. The lowest BCUT2D eigenvalue weighted by atomic mass is 10.2. The molecule has 25 heavy (non-hydrogen) atoms. The molecule has 2 heterocycles. The van der Waals surface area contributed by atoms with E-state index in [-0.39, 0.29) is 5.91 Å². The number of hydrogen-bond donors (Lipinski definition) is 1. The summed E-state index contributed by atoms with van der Waals surface area (Å²) in [4.78, 5) is 16.5. The van der Waals surface area contributed by atoms with Gasteiger partial charge in [-0.15, -0.1) is 10.2 Å². The average molecular weight is 341 g/mol. The molecule has 1 amide bonds. The number of rotatable bonds is 4. The monoisotopic (exact) mass is 341 g/mol. The quantitative estimate of drug-likeness (QED) is 0.916. The first-order valence-electron chi connectivity index (χ1n) is 8.30. The highest BCUT2D eigenvalue weighted by molar-refractivity contribution is 5.92. The van der Waals surface area contributed by atoms with Crippen molar-refractivity contribution >= 4 is 17.4 Å². The smallest absolute Gasteiger partial charge is 0.274 e. The van der Waals surface area contributed by atoms with E-state index in [1.165, 1.54) is 0 Å². The van der Waals surface area contributed by atoms with Gasteiger partial charge in [-0.25, -0.2) is 0 Å². The summed E-state index contributed by atoms with van der Waals surface area (Å²) in [5.41, 5.74) is 2.29. The Morgan fingerprint density at radius 1 is 1.12 bits per heavy atom.